The Morgan fingerprint density at radius 3 is 1.26 bits per heavy atom. The number of amides is 1. The molecule has 1 heterocycles. The summed E-state index contributed by atoms with van der Waals surface area (Å²) in [5.41, 5.74) is 0. The van der Waals surface area contributed by atoms with Gasteiger partial charge in [-0.3, -0.25) is 4.79 Å². The van der Waals surface area contributed by atoms with Gasteiger partial charge < -0.3 is 9.88 Å². The molecule has 0 saturated carbocycles. The van der Waals surface area contributed by atoms with Crippen LogP contribution in [0.1, 0.15) is 245 Å². The van der Waals surface area contributed by atoms with Crippen LogP contribution in [0, 0.1) is 0 Å². The molecule has 0 aliphatic carbocycles. The zero-order chi connectivity index (χ0) is 33.2. The maximum absolute atomic E-state index is 12.7. The van der Waals surface area contributed by atoms with E-state index < -0.39 is 0 Å². The van der Waals surface area contributed by atoms with Crippen LogP contribution in [-0.4, -0.2) is 15.5 Å². The molecule has 1 N–H and O–H groups in total. The van der Waals surface area contributed by atoms with Crippen molar-refractivity contribution >= 4 is 5.91 Å². The quantitative estimate of drug-likeness (QED) is 0.0740. The van der Waals surface area contributed by atoms with Crippen molar-refractivity contribution in [2.24, 2.45) is 0 Å². The molecule has 0 fully saturated rings. The second-order valence-electron chi connectivity index (χ2n) is 14.5. The zero-order valence-corrected chi connectivity index (χ0v) is 31.6. The van der Waals surface area contributed by atoms with E-state index in [4.69, 9.17) is 0 Å². The van der Waals surface area contributed by atoms with E-state index in [9.17, 15) is 4.79 Å². The largest absolute Gasteiger partial charge is 0.336 e. The first-order valence-electron chi connectivity index (χ1n) is 21.0. The highest BCUT2D eigenvalue weighted by Crippen LogP contribution is 2.18. The summed E-state index contributed by atoms with van der Waals surface area (Å²) in [4.78, 5) is 17.4. The number of aryl methyl sites for hydroxylation is 1. The molecule has 46 heavy (non-hydrogen) atoms. The number of hydrogen-bond donors (Lipinski definition) is 1. The molecule has 1 rings (SSSR count). The maximum Gasteiger partial charge on any atom is 0.221 e. The molecule has 0 radical (unpaired) electrons. The minimum atomic E-state index is 0.0300. The molecule has 1 atom stereocenters. The number of nitrogens with zero attached hydrogens (tertiary/aromatic N) is 2. The predicted molar refractivity (Wildman–Crippen MR) is 202 cm³/mol. The van der Waals surface area contributed by atoms with Crippen LogP contribution in [0.5, 0.6) is 0 Å². The molecule has 0 bridgehead atoms. The van der Waals surface area contributed by atoms with Gasteiger partial charge in [-0.2, -0.15) is 0 Å². The Morgan fingerprint density at radius 1 is 0.543 bits per heavy atom. The molecule has 4 nitrogen and oxygen atoms in total. The first-order chi connectivity index (χ1) is 22.7. The monoisotopic (exact) mass is 644 g/mol. The van der Waals surface area contributed by atoms with Gasteiger partial charge in [0.25, 0.3) is 0 Å². The van der Waals surface area contributed by atoms with E-state index in [1.165, 1.54) is 193 Å². The Bertz CT molecular complexity index is 760. The van der Waals surface area contributed by atoms with Gasteiger partial charge in [0.1, 0.15) is 12.0 Å². The summed E-state index contributed by atoms with van der Waals surface area (Å²) in [6.45, 7) is 6.75. The summed E-state index contributed by atoms with van der Waals surface area (Å²) >= 11 is 0. The molecule has 0 aliphatic rings. The topological polar surface area (TPSA) is 46.9 Å². The van der Waals surface area contributed by atoms with Gasteiger partial charge in [0.2, 0.25) is 5.91 Å². The van der Waals surface area contributed by atoms with Gasteiger partial charge in [-0.15, -0.1) is 0 Å². The normalized spacial score (nSPS) is 12.2. The van der Waals surface area contributed by atoms with Gasteiger partial charge in [0, 0.05) is 25.2 Å². The fraction of sp³-hybridized carbons (Fsp3) is 0.905. The average Bonchev–Trinajstić information content (AvgIpc) is 3.53. The number of unbranched alkanes of at least 4 members (excludes halogenated alkanes) is 29. The van der Waals surface area contributed by atoms with Crippen LogP contribution in [0.2, 0.25) is 0 Å². The summed E-state index contributed by atoms with van der Waals surface area (Å²) in [6.07, 6.45) is 49.2. The summed E-state index contributed by atoms with van der Waals surface area (Å²) < 4.78 is 2.22. The van der Waals surface area contributed by atoms with Gasteiger partial charge in [-0.1, -0.05) is 207 Å². The summed E-state index contributed by atoms with van der Waals surface area (Å²) in [7, 11) is 0. The second-order valence-corrected chi connectivity index (χ2v) is 14.5. The Labute approximate surface area is 288 Å². The molecule has 0 spiro atoms. The van der Waals surface area contributed by atoms with Crippen LogP contribution >= 0.6 is 0 Å². The van der Waals surface area contributed by atoms with E-state index in [-0.39, 0.29) is 12.1 Å². The smallest absolute Gasteiger partial charge is 0.221 e. The summed E-state index contributed by atoms with van der Waals surface area (Å²) in [5, 5.41) is 3.30. The lowest BCUT2D eigenvalue weighted by Gasteiger charge is -2.21. The fourth-order valence-corrected chi connectivity index (χ4v) is 6.94. The predicted octanol–water partition coefficient (Wildman–Crippen LogP) is 14.0. The first kappa shape index (κ1) is 42.7. The Hall–Kier alpha value is -1.32. The third kappa shape index (κ3) is 25.7. The van der Waals surface area contributed by atoms with Gasteiger partial charge in [-0.05, 0) is 19.3 Å². The number of aromatic nitrogens is 2. The van der Waals surface area contributed by atoms with E-state index in [1.54, 1.807) is 0 Å². The van der Waals surface area contributed by atoms with Crippen molar-refractivity contribution in [3.8, 4) is 0 Å². The summed E-state index contributed by atoms with van der Waals surface area (Å²) in [5.74, 6) is 1.33. The van der Waals surface area contributed by atoms with Gasteiger partial charge in [0.05, 0.1) is 0 Å². The van der Waals surface area contributed by atoms with Crippen molar-refractivity contribution in [3.05, 3.63) is 18.2 Å². The average molecular weight is 644 g/mol. The zero-order valence-electron chi connectivity index (χ0n) is 31.6. The highest BCUT2D eigenvalue weighted by molar-refractivity contribution is 5.75. The Kier molecular flexibility index (Phi) is 31.2. The third-order valence-electron chi connectivity index (χ3n) is 10.1. The summed E-state index contributed by atoms with van der Waals surface area (Å²) in [6, 6.07) is 0. The number of hydrogen-bond acceptors (Lipinski definition) is 2. The van der Waals surface area contributed by atoms with Crippen molar-refractivity contribution in [1.29, 1.82) is 0 Å². The Morgan fingerprint density at radius 2 is 0.891 bits per heavy atom. The molecule has 0 aliphatic heterocycles. The number of imidazole rings is 1. The lowest BCUT2D eigenvalue weighted by Crippen LogP contribution is -2.32. The second kappa shape index (κ2) is 33.6. The number of carbonyl (C=O) groups is 1. The van der Waals surface area contributed by atoms with E-state index in [2.05, 4.69) is 41.8 Å². The molecule has 1 amide bonds. The van der Waals surface area contributed by atoms with Crippen LogP contribution in [0.15, 0.2) is 12.4 Å². The molecule has 1 unspecified atom stereocenters. The highest BCUT2D eigenvalue weighted by atomic mass is 16.1. The lowest BCUT2D eigenvalue weighted by molar-refractivity contribution is -0.122. The standard InChI is InChI=1S/C42H81N3O/c1-4-7-9-11-13-15-17-19-21-23-24-26-28-30-32-34-36-41-43-38-39-45(41)40(6-3)44-42(46)37-35-33-31-29-27-25-22-20-18-16-14-12-10-8-5-2/h38-40H,4-37H2,1-3H3,(H,44,46). The third-order valence-corrected chi connectivity index (χ3v) is 10.1. The molecule has 4 heteroatoms. The van der Waals surface area contributed by atoms with Crippen molar-refractivity contribution in [1.82, 2.24) is 14.9 Å². The molecular formula is C42H81N3O. The molecule has 0 saturated heterocycles. The lowest BCUT2D eigenvalue weighted by atomic mass is 10.0. The van der Waals surface area contributed by atoms with Crippen LogP contribution in [0.25, 0.3) is 0 Å². The van der Waals surface area contributed by atoms with Crippen molar-refractivity contribution in [2.45, 2.75) is 245 Å². The van der Waals surface area contributed by atoms with Crippen LogP contribution in [0.3, 0.4) is 0 Å². The Balaban J connectivity index is 2.00. The van der Waals surface area contributed by atoms with Crippen molar-refractivity contribution in [2.75, 3.05) is 0 Å². The highest BCUT2D eigenvalue weighted by Gasteiger charge is 2.15. The number of rotatable bonds is 36. The van der Waals surface area contributed by atoms with Gasteiger partial charge in [-0.25, -0.2) is 4.98 Å². The van der Waals surface area contributed by atoms with Crippen LogP contribution < -0.4 is 5.32 Å². The number of nitrogens with one attached hydrogen (secondary N) is 1. The number of carbonyl (C=O) groups excluding carboxylic acids is 1. The fourth-order valence-electron chi connectivity index (χ4n) is 6.94. The molecule has 1 aromatic rings. The van der Waals surface area contributed by atoms with Crippen molar-refractivity contribution in [3.63, 3.8) is 0 Å². The van der Waals surface area contributed by atoms with Gasteiger partial charge in [0.15, 0.2) is 0 Å². The van der Waals surface area contributed by atoms with E-state index in [1.807, 2.05) is 6.20 Å². The van der Waals surface area contributed by atoms with E-state index >= 15 is 0 Å². The minimum absolute atomic E-state index is 0.0300. The van der Waals surface area contributed by atoms with E-state index in [0.29, 0.717) is 6.42 Å². The molecule has 270 valence electrons. The van der Waals surface area contributed by atoms with Crippen LogP contribution in [-0.2, 0) is 11.2 Å². The van der Waals surface area contributed by atoms with Crippen LogP contribution in [0.4, 0.5) is 0 Å². The molecular weight excluding hydrogens is 562 g/mol. The minimum Gasteiger partial charge on any atom is -0.336 e. The molecule has 0 aromatic carbocycles. The van der Waals surface area contributed by atoms with Crippen molar-refractivity contribution < 1.29 is 4.79 Å². The SMILES string of the molecule is CCCCCCCCCCCCCCCCCCc1nccn1C(CC)NC(=O)CCCCCCCCCCCCCCCCC. The first-order valence-corrected chi connectivity index (χ1v) is 21.0. The van der Waals surface area contributed by atoms with Gasteiger partial charge >= 0.3 is 0 Å². The maximum atomic E-state index is 12.7. The molecule has 1 aromatic heterocycles. The van der Waals surface area contributed by atoms with E-state index in [0.717, 1.165) is 25.1 Å².